The second kappa shape index (κ2) is 4.79. The topological polar surface area (TPSA) is 93.2 Å². The molecule has 1 aromatic rings. The summed E-state index contributed by atoms with van der Waals surface area (Å²) in [6.07, 6.45) is 1.43. The number of hydrogen-bond acceptors (Lipinski definition) is 4. The van der Waals surface area contributed by atoms with E-state index in [1.165, 1.54) is 10.9 Å². The van der Waals surface area contributed by atoms with Gasteiger partial charge in [0, 0.05) is 20.2 Å². The molecule has 0 spiro atoms. The molecule has 15 heavy (non-hydrogen) atoms. The van der Waals surface area contributed by atoms with E-state index in [1.54, 1.807) is 7.05 Å². The van der Waals surface area contributed by atoms with Crippen molar-refractivity contribution in [3.8, 4) is 0 Å². The van der Waals surface area contributed by atoms with Crippen LogP contribution in [0.15, 0.2) is 6.20 Å². The Morgan fingerprint density at radius 2 is 2.47 bits per heavy atom. The van der Waals surface area contributed by atoms with Gasteiger partial charge in [-0.3, -0.25) is 9.48 Å². The molecule has 0 saturated heterocycles. The van der Waals surface area contributed by atoms with E-state index in [2.05, 4.69) is 10.4 Å². The zero-order chi connectivity index (χ0) is 11.4. The maximum atomic E-state index is 11.6. The molecule has 1 heterocycles. The average Bonchev–Trinajstić information content (AvgIpc) is 2.54. The van der Waals surface area contributed by atoms with Crippen LogP contribution in [0.1, 0.15) is 17.4 Å². The van der Waals surface area contributed by atoms with Gasteiger partial charge in [0.15, 0.2) is 0 Å². The van der Waals surface area contributed by atoms with Crippen LogP contribution in [-0.4, -0.2) is 33.9 Å². The van der Waals surface area contributed by atoms with Crippen molar-refractivity contribution in [3.05, 3.63) is 11.9 Å². The predicted molar refractivity (Wildman–Crippen MR) is 56.2 cm³/mol. The van der Waals surface area contributed by atoms with Gasteiger partial charge in [-0.2, -0.15) is 5.10 Å². The monoisotopic (exact) mass is 212 g/mol. The van der Waals surface area contributed by atoms with Crippen LogP contribution < -0.4 is 11.1 Å². The van der Waals surface area contributed by atoms with E-state index < -0.39 is 0 Å². The Hall–Kier alpha value is -1.56. The molecule has 0 saturated carbocycles. The number of aromatic nitrogens is 2. The maximum Gasteiger partial charge on any atom is 0.271 e. The van der Waals surface area contributed by atoms with Gasteiger partial charge < -0.3 is 16.2 Å². The zero-order valence-electron chi connectivity index (χ0n) is 8.90. The van der Waals surface area contributed by atoms with Crippen LogP contribution in [0.4, 0.5) is 5.69 Å². The smallest absolute Gasteiger partial charge is 0.271 e. The molecule has 4 N–H and O–H groups in total. The largest absolute Gasteiger partial charge is 0.396 e. The highest BCUT2D eigenvalue weighted by Crippen LogP contribution is 2.08. The SMILES string of the molecule is CC(CO)CNC(=O)c1c(N)cnn1C. The first-order valence-corrected chi connectivity index (χ1v) is 4.72. The predicted octanol–water partition coefficient (Wildman–Crippen LogP) is -0.639. The molecule has 0 bridgehead atoms. The summed E-state index contributed by atoms with van der Waals surface area (Å²) >= 11 is 0. The lowest BCUT2D eigenvalue weighted by atomic mass is 10.2. The first-order valence-electron chi connectivity index (χ1n) is 4.72. The van der Waals surface area contributed by atoms with E-state index in [9.17, 15) is 4.79 Å². The molecular formula is C9H16N4O2. The molecule has 1 rings (SSSR count). The Balaban J connectivity index is 2.62. The standard InChI is InChI=1S/C9H16N4O2/c1-6(5-14)3-11-9(15)8-7(10)4-12-13(8)2/h4,6,14H,3,5,10H2,1-2H3,(H,11,15). The first-order chi connectivity index (χ1) is 7.06. The van der Waals surface area contributed by atoms with Gasteiger partial charge in [0.05, 0.1) is 11.9 Å². The molecule has 1 aromatic heterocycles. The number of nitrogen functional groups attached to an aromatic ring is 1. The van der Waals surface area contributed by atoms with Crippen molar-refractivity contribution < 1.29 is 9.90 Å². The molecular weight excluding hydrogens is 196 g/mol. The van der Waals surface area contributed by atoms with Crippen LogP contribution in [0.3, 0.4) is 0 Å². The zero-order valence-corrected chi connectivity index (χ0v) is 8.90. The van der Waals surface area contributed by atoms with Crippen LogP contribution in [-0.2, 0) is 7.05 Å². The van der Waals surface area contributed by atoms with Gasteiger partial charge in [-0.15, -0.1) is 0 Å². The Morgan fingerprint density at radius 1 is 1.80 bits per heavy atom. The van der Waals surface area contributed by atoms with Gasteiger partial charge in [-0.25, -0.2) is 0 Å². The van der Waals surface area contributed by atoms with E-state index in [4.69, 9.17) is 10.8 Å². The number of carbonyl (C=O) groups excluding carboxylic acids is 1. The normalized spacial score (nSPS) is 12.5. The second-order valence-electron chi connectivity index (χ2n) is 3.57. The highest BCUT2D eigenvalue weighted by Gasteiger charge is 2.14. The molecule has 1 amide bonds. The van der Waals surface area contributed by atoms with Crippen LogP contribution in [0.5, 0.6) is 0 Å². The number of hydrogen-bond donors (Lipinski definition) is 3. The van der Waals surface area contributed by atoms with Crippen molar-refractivity contribution in [2.45, 2.75) is 6.92 Å². The fourth-order valence-corrected chi connectivity index (χ4v) is 1.15. The highest BCUT2D eigenvalue weighted by atomic mass is 16.3. The maximum absolute atomic E-state index is 11.6. The minimum absolute atomic E-state index is 0.0309. The fraction of sp³-hybridized carbons (Fsp3) is 0.556. The van der Waals surface area contributed by atoms with E-state index in [1.807, 2.05) is 6.92 Å². The van der Waals surface area contributed by atoms with Crippen LogP contribution in [0, 0.1) is 5.92 Å². The Kier molecular flexibility index (Phi) is 3.68. The van der Waals surface area contributed by atoms with E-state index >= 15 is 0 Å². The van der Waals surface area contributed by atoms with Crippen molar-refractivity contribution in [2.75, 3.05) is 18.9 Å². The molecule has 0 aliphatic rings. The van der Waals surface area contributed by atoms with Crippen molar-refractivity contribution >= 4 is 11.6 Å². The quantitative estimate of drug-likeness (QED) is 0.619. The van der Waals surface area contributed by atoms with Gasteiger partial charge in [-0.1, -0.05) is 6.92 Å². The number of aryl methyl sites for hydroxylation is 1. The summed E-state index contributed by atoms with van der Waals surface area (Å²) in [6.45, 7) is 2.30. The van der Waals surface area contributed by atoms with Gasteiger partial charge >= 0.3 is 0 Å². The number of amides is 1. The minimum atomic E-state index is -0.271. The van der Waals surface area contributed by atoms with Gasteiger partial charge in [-0.05, 0) is 5.92 Å². The summed E-state index contributed by atoms with van der Waals surface area (Å²) in [5, 5.41) is 15.3. The number of aliphatic hydroxyl groups excluding tert-OH is 1. The molecule has 0 aromatic carbocycles. The first kappa shape index (κ1) is 11.5. The van der Waals surface area contributed by atoms with Crippen LogP contribution >= 0.6 is 0 Å². The number of carbonyl (C=O) groups is 1. The Bertz CT molecular complexity index is 328. The summed E-state index contributed by atoms with van der Waals surface area (Å²) in [7, 11) is 1.65. The average molecular weight is 212 g/mol. The number of anilines is 1. The molecule has 0 aliphatic carbocycles. The third kappa shape index (κ3) is 2.69. The summed E-state index contributed by atoms with van der Waals surface area (Å²) in [5.41, 5.74) is 6.29. The lowest BCUT2D eigenvalue weighted by molar-refractivity contribution is 0.0934. The summed E-state index contributed by atoms with van der Waals surface area (Å²) in [5.74, 6) is -0.240. The summed E-state index contributed by atoms with van der Waals surface area (Å²) in [4.78, 5) is 11.6. The number of aliphatic hydroxyl groups is 1. The lowest BCUT2D eigenvalue weighted by Gasteiger charge is -2.09. The van der Waals surface area contributed by atoms with Crippen molar-refractivity contribution in [1.29, 1.82) is 0 Å². The fourth-order valence-electron chi connectivity index (χ4n) is 1.15. The van der Waals surface area contributed by atoms with Gasteiger partial charge in [0.25, 0.3) is 5.91 Å². The van der Waals surface area contributed by atoms with Crippen molar-refractivity contribution in [1.82, 2.24) is 15.1 Å². The number of nitrogens with two attached hydrogens (primary N) is 1. The number of nitrogens with one attached hydrogen (secondary N) is 1. The summed E-state index contributed by atoms with van der Waals surface area (Å²) < 4.78 is 1.42. The number of nitrogens with zero attached hydrogens (tertiary/aromatic N) is 2. The third-order valence-corrected chi connectivity index (χ3v) is 2.10. The molecule has 0 fully saturated rings. The van der Waals surface area contributed by atoms with Crippen LogP contribution in [0.25, 0.3) is 0 Å². The minimum Gasteiger partial charge on any atom is -0.396 e. The van der Waals surface area contributed by atoms with E-state index in [0.717, 1.165) is 0 Å². The third-order valence-electron chi connectivity index (χ3n) is 2.10. The second-order valence-corrected chi connectivity index (χ2v) is 3.57. The Morgan fingerprint density at radius 3 is 2.93 bits per heavy atom. The lowest BCUT2D eigenvalue weighted by Crippen LogP contribution is -2.31. The molecule has 0 aliphatic heterocycles. The molecule has 6 nitrogen and oxygen atoms in total. The molecule has 84 valence electrons. The molecule has 0 radical (unpaired) electrons. The highest BCUT2D eigenvalue weighted by molar-refractivity contribution is 5.97. The number of rotatable bonds is 4. The van der Waals surface area contributed by atoms with E-state index in [0.29, 0.717) is 17.9 Å². The summed E-state index contributed by atoms with van der Waals surface area (Å²) in [6, 6.07) is 0. The molecule has 6 heteroatoms. The molecule has 1 atom stereocenters. The van der Waals surface area contributed by atoms with Gasteiger partial charge in [0.2, 0.25) is 0 Å². The van der Waals surface area contributed by atoms with E-state index in [-0.39, 0.29) is 18.4 Å². The molecule has 1 unspecified atom stereocenters. The Labute approximate surface area is 88.1 Å². The van der Waals surface area contributed by atoms with Crippen molar-refractivity contribution in [2.24, 2.45) is 13.0 Å². The van der Waals surface area contributed by atoms with Crippen LogP contribution in [0.2, 0.25) is 0 Å². The van der Waals surface area contributed by atoms with Gasteiger partial charge in [0.1, 0.15) is 5.69 Å². The van der Waals surface area contributed by atoms with Crippen molar-refractivity contribution in [3.63, 3.8) is 0 Å².